The molecule has 0 saturated carbocycles. The molecule has 0 nitrogen and oxygen atoms in total. The van der Waals surface area contributed by atoms with E-state index in [1.807, 2.05) is 0 Å². The molecule has 0 amide bonds. The summed E-state index contributed by atoms with van der Waals surface area (Å²) in [5.41, 5.74) is 5.13. The van der Waals surface area contributed by atoms with E-state index in [0.717, 1.165) is 6.42 Å². The quantitative estimate of drug-likeness (QED) is 0.217. The Morgan fingerprint density at radius 1 is 0.552 bits per heavy atom. The smallest absolute Gasteiger partial charge is 1.00 e. The molecular weight excluding hydrogens is 424 g/mol. The average Bonchev–Trinajstić information content (AvgIpc) is 2.80. The molecule has 0 aliphatic carbocycles. The van der Waals surface area contributed by atoms with E-state index in [9.17, 15) is 0 Å². The second kappa shape index (κ2) is 10.4. The largest absolute Gasteiger partial charge is 2.00 e. The van der Waals surface area contributed by atoms with Gasteiger partial charge in [-0.15, -0.1) is 0 Å². The van der Waals surface area contributed by atoms with E-state index in [1.165, 1.54) is 22.3 Å². The molecule has 0 spiro atoms. The summed E-state index contributed by atoms with van der Waals surface area (Å²) in [6.07, 6.45) is 1.04. The fourth-order valence-electron chi connectivity index (χ4n) is 4.68. The maximum atomic E-state index is 2.31. The third kappa shape index (κ3) is 4.29. The van der Waals surface area contributed by atoms with E-state index >= 15 is 0 Å². The molecular formula is C28H28Sr. The van der Waals surface area contributed by atoms with Crippen molar-refractivity contribution < 1.29 is 2.85 Å². The molecule has 0 heterocycles. The first-order chi connectivity index (χ1) is 13.9. The first-order valence-corrected chi connectivity index (χ1v) is 10.1. The van der Waals surface area contributed by atoms with Crippen molar-refractivity contribution >= 4 is 45.5 Å². The van der Waals surface area contributed by atoms with Crippen LogP contribution in [0.3, 0.4) is 0 Å². The van der Waals surface area contributed by atoms with Crippen LogP contribution in [0.15, 0.2) is 121 Å². The zero-order valence-corrected chi connectivity index (χ0v) is 20.5. The summed E-state index contributed by atoms with van der Waals surface area (Å²) in [5.74, 6) is 0.320. The second-order valence-corrected chi connectivity index (χ2v) is 7.28. The molecule has 4 aromatic rings. The van der Waals surface area contributed by atoms with E-state index in [1.54, 1.807) is 0 Å². The zero-order chi connectivity index (χ0) is 19.2. The monoisotopic (exact) mass is 452 g/mol. The van der Waals surface area contributed by atoms with Crippen LogP contribution in [-0.2, 0) is 5.41 Å². The van der Waals surface area contributed by atoms with Crippen LogP contribution in [0.1, 0.15) is 44.4 Å². The van der Waals surface area contributed by atoms with Gasteiger partial charge in [-0.25, -0.2) is 0 Å². The Kier molecular flexibility index (Phi) is 7.92. The van der Waals surface area contributed by atoms with Gasteiger partial charge in [0.05, 0.1) is 5.41 Å². The zero-order valence-electron chi connectivity index (χ0n) is 19.0. The van der Waals surface area contributed by atoms with Crippen LogP contribution < -0.4 is 0 Å². The molecule has 29 heavy (non-hydrogen) atoms. The molecule has 4 aromatic carbocycles. The normalized spacial score (nSPS) is 12.0. The van der Waals surface area contributed by atoms with Crippen molar-refractivity contribution in [1.29, 1.82) is 0 Å². The van der Waals surface area contributed by atoms with E-state index < -0.39 is 0 Å². The van der Waals surface area contributed by atoms with E-state index in [4.69, 9.17) is 0 Å². The van der Waals surface area contributed by atoms with Crippen LogP contribution in [0.25, 0.3) is 0 Å². The fraction of sp³-hybridized carbons (Fsp3) is 0.143. The summed E-state index contributed by atoms with van der Waals surface area (Å²) >= 11 is 0. The molecule has 4 rings (SSSR count). The summed E-state index contributed by atoms with van der Waals surface area (Å²) in [6.45, 7) is 2.31. The molecule has 1 heteroatoms. The SMILES string of the molecule is CCC(c1ccccc1)C(c1ccccc1)(c1ccccc1)c1ccccc1.[H-].[H-].[Sr+2]. The van der Waals surface area contributed by atoms with Crippen molar-refractivity contribution in [3.63, 3.8) is 0 Å². The van der Waals surface area contributed by atoms with Gasteiger partial charge < -0.3 is 2.85 Å². The van der Waals surface area contributed by atoms with Gasteiger partial charge in [0.25, 0.3) is 0 Å². The summed E-state index contributed by atoms with van der Waals surface area (Å²) in [4.78, 5) is 0. The van der Waals surface area contributed by atoms with E-state index in [2.05, 4.69) is 128 Å². The molecule has 0 aliphatic heterocycles. The summed E-state index contributed by atoms with van der Waals surface area (Å²) < 4.78 is 0. The van der Waals surface area contributed by atoms with Gasteiger partial charge in [-0.05, 0) is 28.7 Å². The number of rotatable bonds is 6. The third-order valence-corrected chi connectivity index (χ3v) is 5.82. The maximum Gasteiger partial charge on any atom is 2.00 e. The van der Waals surface area contributed by atoms with E-state index in [0.29, 0.717) is 5.92 Å². The van der Waals surface area contributed by atoms with Crippen LogP contribution in [0, 0.1) is 0 Å². The summed E-state index contributed by atoms with van der Waals surface area (Å²) in [6, 6.07) is 43.9. The van der Waals surface area contributed by atoms with Gasteiger partial charge in [-0.1, -0.05) is 128 Å². The minimum Gasteiger partial charge on any atom is -1.00 e. The Balaban J connectivity index is 0.00000160. The molecule has 0 saturated heterocycles. The standard InChI is InChI=1S/C28H26.Sr.2H/c1-2-27(23-15-7-3-8-16-23)28(24-17-9-4-10-18-24,25-19-11-5-12-20-25)26-21-13-6-14-22-26;;;/h3-22,27H,2H2,1H3;;;/q;+2;2*-1. The first kappa shape index (κ1) is 22.1. The summed E-state index contributed by atoms with van der Waals surface area (Å²) in [5, 5.41) is 0. The molecule has 0 aliphatic rings. The Morgan fingerprint density at radius 3 is 1.17 bits per heavy atom. The van der Waals surface area contributed by atoms with Crippen LogP contribution >= 0.6 is 0 Å². The van der Waals surface area contributed by atoms with Crippen LogP contribution in [0.4, 0.5) is 0 Å². The Bertz CT molecular complexity index is 893. The van der Waals surface area contributed by atoms with Crippen molar-refractivity contribution in [3.05, 3.63) is 144 Å². The third-order valence-electron chi connectivity index (χ3n) is 5.82. The predicted octanol–water partition coefficient (Wildman–Crippen LogP) is 7.06. The van der Waals surface area contributed by atoms with Gasteiger partial charge in [0.15, 0.2) is 0 Å². The molecule has 0 aromatic heterocycles. The Morgan fingerprint density at radius 2 is 0.862 bits per heavy atom. The first-order valence-electron chi connectivity index (χ1n) is 10.1. The molecule has 0 fully saturated rings. The molecule has 142 valence electrons. The number of benzene rings is 4. The topological polar surface area (TPSA) is 0 Å². The number of hydrogen-bond donors (Lipinski definition) is 0. The van der Waals surface area contributed by atoms with Crippen molar-refractivity contribution in [2.24, 2.45) is 0 Å². The van der Waals surface area contributed by atoms with Gasteiger partial charge >= 0.3 is 45.5 Å². The predicted molar refractivity (Wildman–Crippen MR) is 127 cm³/mol. The second-order valence-electron chi connectivity index (χ2n) is 7.28. The Hall–Kier alpha value is -1.64. The average molecular weight is 452 g/mol. The van der Waals surface area contributed by atoms with Crippen molar-refractivity contribution in [2.75, 3.05) is 0 Å². The van der Waals surface area contributed by atoms with Gasteiger partial charge in [0, 0.05) is 5.92 Å². The molecule has 1 unspecified atom stereocenters. The molecule has 1 atom stereocenters. The van der Waals surface area contributed by atoms with E-state index in [-0.39, 0.29) is 53.7 Å². The van der Waals surface area contributed by atoms with Crippen molar-refractivity contribution in [1.82, 2.24) is 0 Å². The van der Waals surface area contributed by atoms with Crippen LogP contribution in [-0.4, -0.2) is 45.5 Å². The molecule has 0 bridgehead atoms. The minimum absolute atomic E-state index is 0. The van der Waals surface area contributed by atoms with Crippen LogP contribution in [0.5, 0.6) is 0 Å². The minimum atomic E-state index is -0.250. The van der Waals surface area contributed by atoms with Gasteiger partial charge in [-0.2, -0.15) is 0 Å². The maximum absolute atomic E-state index is 2.31. The molecule has 0 radical (unpaired) electrons. The van der Waals surface area contributed by atoms with Gasteiger partial charge in [-0.3, -0.25) is 0 Å². The van der Waals surface area contributed by atoms with Gasteiger partial charge in [0.2, 0.25) is 0 Å². The summed E-state index contributed by atoms with van der Waals surface area (Å²) in [7, 11) is 0. The fourth-order valence-corrected chi connectivity index (χ4v) is 4.68. The van der Waals surface area contributed by atoms with Crippen molar-refractivity contribution in [2.45, 2.75) is 24.7 Å². The van der Waals surface area contributed by atoms with Gasteiger partial charge in [0.1, 0.15) is 0 Å². The molecule has 0 N–H and O–H groups in total. The van der Waals surface area contributed by atoms with Crippen molar-refractivity contribution in [3.8, 4) is 0 Å². The Labute approximate surface area is 214 Å². The number of hydrogen-bond acceptors (Lipinski definition) is 0. The van der Waals surface area contributed by atoms with Crippen LogP contribution in [0.2, 0.25) is 0 Å².